The molecule has 6 nitrogen and oxygen atoms in total. The van der Waals surface area contributed by atoms with E-state index in [9.17, 15) is 9.59 Å². The van der Waals surface area contributed by atoms with Crippen molar-refractivity contribution in [2.45, 2.75) is 58.1 Å². The molecular formula is C12H24N2O4. The van der Waals surface area contributed by atoms with Gasteiger partial charge in [-0.3, -0.25) is 4.79 Å². The second-order valence-corrected chi connectivity index (χ2v) is 5.28. The number of carbonyl (C=O) groups excluding carboxylic acids is 1. The van der Waals surface area contributed by atoms with E-state index in [1.54, 1.807) is 20.8 Å². The zero-order chi connectivity index (χ0) is 14.2. The van der Waals surface area contributed by atoms with E-state index in [1.165, 1.54) is 0 Å². The first-order chi connectivity index (χ1) is 8.20. The van der Waals surface area contributed by atoms with E-state index in [0.717, 1.165) is 12.8 Å². The molecule has 4 N–H and O–H groups in total. The predicted molar refractivity (Wildman–Crippen MR) is 68.3 cm³/mol. The van der Waals surface area contributed by atoms with Crippen molar-refractivity contribution in [3.05, 3.63) is 0 Å². The van der Waals surface area contributed by atoms with Crippen molar-refractivity contribution < 1.29 is 19.4 Å². The van der Waals surface area contributed by atoms with Gasteiger partial charge in [-0.25, -0.2) is 4.79 Å². The second kappa shape index (κ2) is 7.92. The van der Waals surface area contributed by atoms with Crippen LogP contribution in [0.3, 0.4) is 0 Å². The second-order valence-electron chi connectivity index (χ2n) is 5.28. The Kier molecular flexibility index (Phi) is 7.35. The summed E-state index contributed by atoms with van der Waals surface area (Å²) in [7, 11) is 0. The van der Waals surface area contributed by atoms with Gasteiger partial charge in [-0.15, -0.1) is 0 Å². The summed E-state index contributed by atoms with van der Waals surface area (Å²) in [6.45, 7) is 5.92. The van der Waals surface area contributed by atoms with Gasteiger partial charge in [-0.05, 0) is 33.6 Å². The molecule has 0 aliphatic heterocycles. The minimum absolute atomic E-state index is 0.0144. The number of carbonyl (C=O) groups is 2. The van der Waals surface area contributed by atoms with Gasteiger partial charge < -0.3 is 20.9 Å². The highest BCUT2D eigenvalue weighted by Crippen LogP contribution is 2.06. The number of nitrogens with two attached hydrogens (primary N) is 1. The third kappa shape index (κ3) is 11.2. The number of ether oxygens (including phenoxy) is 1. The van der Waals surface area contributed by atoms with Gasteiger partial charge in [0.1, 0.15) is 5.60 Å². The first kappa shape index (κ1) is 16.7. The maximum absolute atomic E-state index is 11.3. The Morgan fingerprint density at radius 1 is 1.33 bits per heavy atom. The number of nitrogens with one attached hydrogen (secondary N) is 1. The summed E-state index contributed by atoms with van der Waals surface area (Å²) >= 11 is 0. The molecule has 0 spiro atoms. The average molecular weight is 260 g/mol. The molecule has 0 aromatic heterocycles. The summed E-state index contributed by atoms with van der Waals surface area (Å²) in [6, 6.07) is -0.316. The van der Waals surface area contributed by atoms with Crippen molar-refractivity contribution in [2.24, 2.45) is 5.73 Å². The molecule has 0 fully saturated rings. The van der Waals surface area contributed by atoms with E-state index in [1.807, 2.05) is 0 Å². The summed E-state index contributed by atoms with van der Waals surface area (Å²) in [4.78, 5) is 21.6. The Bertz CT molecular complexity index is 274. The fraction of sp³-hybridized carbons (Fsp3) is 0.833. The van der Waals surface area contributed by atoms with Gasteiger partial charge >= 0.3 is 12.1 Å². The number of amides is 1. The molecule has 106 valence electrons. The van der Waals surface area contributed by atoms with Gasteiger partial charge in [0.15, 0.2) is 0 Å². The van der Waals surface area contributed by atoms with Crippen LogP contribution in [-0.2, 0) is 9.53 Å². The van der Waals surface area contributed by atoms with Gasteiger partial charge in [-0.1, -0.05) is 6.42 Å². The molecule has 0 aromatic rings. The van der Waals surface area contributed by atoms with Crippen LogP contribution in [0.4, 0.5) is 4.79 Å². The summed E-state index contributed by atoms with van der Waals surface area (Å²) in [5.41, 5.74) is 5.11. The van der Waals surface area contributed by atoms with Crippen molar-refractivity contribution in [3.8, 4) is 0 Å². The monoisotopic (exact) mass is 260 g/mol. The van der Waals surface area contributed by atoms with Crippen molar-refractivity contribution in [3.63, 3.8) is 0 Å². The van der Waals surface area contributed by atoms with E-state index in [-0.39, 0.29) is 12.5 Å². The molecule has 0 saturated heterocycles. The number of hydrogen-bond donors (Lipinski definition) is 3. The fourth-order valence-corrected chi connectivity index (χ4v) is 1.36. The summed E-state index contributed by atoms with van der Waals surface area (Å²) in [6.07, 6.45) is 1.73. The number of aliphatic carboxylic acids is 1. The lowest BCUT2D eigenvalue weighted by molar-refractivity contribution is -0.137. The maximum Gasteiger partial charge on any atom is 0.407 e. The number of rotatable bonds is 7. The summed E-state index contributed by atoms with van der Waals surface area (Å²) in [5.74, 6) is -0.880. The van der Waals surface area contributed by atoms with Gasteiger partial charge in [0.05, 0.1) is 6.42 Å². The number of carboxylic acid groups (broad SMARTS) is 1. The van der Waals surface area contributed by atoms with Crippen LogP contribution in [0.1, 0.15) is 46.5 Å². The molecule has 0 bridgehead atoms. The molecule has 0 aliphatic carbocycles. The summed E-state index contributed by atoms with van der Waals surface area (Å²) in [5, 5.41) is 11.1. The van der Waals surface area contributed by atoms with Crippen molar-refractivity contribution in [1.82, 2.24) is 5.32 Å². The molecule has 0 rings (SSSR count). The number of unbranched alkanes of at least 4 members (excludes halogenated alkanes) is 1. The average Bonchev–Trinajstić information content (AvgIpc) is 2.12. The zero-order valence-electron chi connectivity index (χ0n) is 11.4. The molecule has 0 radical (unpaired) electrons. The standard InChI is InChI=1S/C12H24N2O4/c1-12(2,3)18-11(17)14-7-5-4-6-9(13)8-10(15)16/h9H,4-8,13H2,1-3H3,(H,14,17)(H,15,16). The molecule has 1 amide bonds. The molecule has 1 atom stereocenters. The Hall–Kier alpha value is -1.30. The van der Waals surface area contributed by atoms with Crippen molar-refractivity contribution in [1.29, 1.82) is 0 Å². The van der Waals surface area contributed by atoms with Gasteiger partial charge in [-0.2, -0.15) is 0 Å². The highest BCUT2D eigenvalue weighted by Gasteiger charge is 2.15. The normalized spacial score (nSPS) is 12.9. The van der Waals surface area contributed by atoms with E-state index >= 15 is 0 Å². The van der Waals surface area contributed by atoms with Gasteiger partial charge in [0.25, 0.3) is 0 Å². The first-order valence-electron chi connectivity index (χ1n) is 6.15. The zero-order valence-corrected chi connectivity index (χ0v) is 11.4. The van der Waals surface area contributed by atoms with Gasteiger partial charge in [0, 0.05) is 12.6 Å². The van der Waals surface area contributed by atoms with Crippen LogP contribution < -0.4 is 11.1 Å². The third-order valence-electron chi connectivity index (χ3n) is 2.11. The van der Waals surface area contributed by atoms with Crippen LogP contribution in [0.2, 0.25) is 0 Å². The van der Waals surface area contributed by atoms with Crippen LogP contribution in [0.25, 0.3) is 0 Å². The van der Waals surface area contributed by atoms with Crippen LogP contribution in [-0.4, -0.2) is 35.4 Å². The number of alkyl carbamates (subject to hydrolysis) is 1. The first-order valence-corrected chi connectivity index (χ1v) is 6.15. The lowest BCUT2D eigenvalue weighted by Gasteiger charge is -2.19. The van der Waals surface area contributed by atoms with Crippen LogP contribution >= 0.6 is 0 Å². The lowest BCUT2D eigenvalue weighted by Crippen LogP contribution is -2.33. The summed E-state index contributed by atoms with van der Waals surface area (Å²) < 4.78 is 5.07. The van der Waals surface area contributed by atoms with Crippen LogP contribution in [0.15, 0.2) is 0 Å². The largest absolute Gasteiger partial charge is 0.481 e. The molecule has 6 heteroatoms. The molecular weight excluding hydrogens is 236 g/mol. The van der Waals surface area contributed by atoms with Crippen molar-refractivity contribution in [2.75, 3.05) is 6.54 Å². The molecule has 0 heterocycles. The molecule has 0 aliphatic rings. The van der Waals surface area contributed by atoms with E-state index in [0.29, 0.717) is 13.0 Å². The van der Waals surface area contributed by atoms with Gasteiger partial charge in [0.2, 0.25) is 0 Å². The lowest BCUT2D eigenvalue weighted by atomic mass is 10.1. The number of hydrogen-bond acceptors (Lipinski definition) is 4. The third-order valence-corrected chi connectivity index (χ3v) is 2.11. The van der Waals surface area contributed by atoms with Crippen LogP contribution in [0.5, 0.6) is 0 Å². The van der Waals surface area contributed by atoms with E-state index < -0.39 is 17.7 Å². The Morgan fingerprint density at radius 2 is 1.94 bits per heavy atom. The van der Waals surface area contributed by atoms with Crippen molar-refractivity contribution >= 4 is 12.1 Å². The van der Waals surface area contributed by atoms with E-state index in [2.05, 4.69) is 5.32 Å². The minimum atomic E-state index is -0.880. The highest BCUT2D eigenvalue weighted by molar-refractivity contribution is 5.67. The predicted octanol–water partition coefficient (Wildman–Crippen LogP) is 1.48. The Morgan fingerprint density at radius 3 is 2.44 bits per heavy atom. The van der Waals surface area contributed by atoms with E-state index in [4.69, 9.17) is 15.6 Å². The maximum atomic E-state index is 11.3. The minimum Gasteiger partial charge on any atom is -0.481 e. The Balaban J connectivity index is 3.51. The quantitative estimate of drug-likeness (QED) is 0.602. The highest BCUT2D eigenvalue weighted by atomic mass is 16.6. The fourth-order valence-electron chi connectivity index (χ4n) is 1.36. The molecule has 1 unspecified atom stereocenters. The SMILES string of the molecule is CC(C)(C)OC(=O)NCCCCC(N)CC(=O)O. The van der Waals surface area contributed by atoms with Crippen LogP contribution in [0, 0.1) is 0 Å². The molecule has 0 aromatic carbocycles. The smallest absolute Gasteiger partial charge is 0.407 e. The number of carboxylic acids is 1. The molecule has 0 saturated carbocycles. The topological polar surface area (TPSA) is 102 Å². The Labute approximate surface area is 108 Å². The molecule has 18 heavy (non-hydrogen) atoms.